The minimum Gasteiger partial charge on any atom is -0.412 e. The summed E-state index contributed by atoms with van der Waals surface area (Å²) in [4.78, 5) is 0. The van der Waals surface area contributed by atoms with Gasteiger partial charge in [0.25, 0.3) is 0 Å². The molecule has 1 saturated carbocycles. The first-order valence-electron chi connectivity index (χ1n) is 9.28. The first-order valence-corrected chi connectivity index (χ1v) is 11.4. The molecule has 0 heterocycles. The smallest absolute Gasteiger partial charge is 0.200 e. The average Bonchev–Trinajstić information content (AvgIpc) is 2.65. The standard InChI is InChI=1S/C20H40O2Si/c1-13(2)17-12-18(21-11)20(9,10)19(17)22-23(14(3)4,15(5)6)16(7)8/h14-19H,1,12H2,2-11H3/t17-,18-,19-/m0/s1. The second kappa shape index (κ2) is 7.41. The van der Waals surface area contributed by atoms with Crippen molar-refractivity contribution >= 4 is 8.32 Å². The molecule has 3 atom stereocenters. The Morgan fingerprint density at radius 2 is 1.48 bits per heavy atom. The predicted octanol–water partition coefficient (Wildman–Crippen LogP) is 6.18. The van der Waals surface area contributed by atoms with E-state index < -0.39 is 8.32 Å². The lowest BCUT2D eigenvalue weighted by Gasteiger charge is -2.48. The summed E-state index contributed by atoms with van der Waals surface area (Å²) in [5.41, 5.74) is 3.07. The van der Waals surface area contributed by atoms with Crippen LogP contribution in [0.3, 0.4) is 0 Å². The van der Waals surface area contributed by atoms with E-state index >= 15 is 0 Å². The van der Waals surface area contributed by atoms with Crippen LogP contribution >= 0.6 is 0 Å². The van der Waals surface area contributed by atoms with E-state index in [0.29, 0.717) is 22.5 Å². The van der Waals surface area contributed by atoms with Crippen LogP contribution in [0, 0.1) is 11.3 Å². The molecule has 0 amide bonds. The fourth-order valence-corrected chi connectivity index (χ4v) is 10.8. The van der Waals surface area contributed by atoms with Gasteiger partial charge in [0, 0.05) is 18.4 Å². The van der Waals surface area contributed by atoms with Gasteiger partial charge in [0.2, 0.25) is 8.32 Å². The summed E-state index contributed by atoms with van der Waals surface area (Å²) in [6, 6.07) is 0. The lowest BCUT2D eigenvalue weighted by molar-refractivity contribution is -0.0212. The van der Waals surface area contributed by atoms with Gasteiger partial charge in [0.05, 0.1) is 12.2 Å². The minimum absolute atomic E-state index is 0.0231. The van der Waals surface area contributed by atoms with Crippen molar-refractivity contribution in [2.24, 2.45) is 11.3 Å². The third-order valence-corrected chi connectivity index (χ3v) is 12.4. The van der Waals surface area contributed by atoms with Crippen LogP contribution in [-0.2, 0) is 9.16 Å². The molecule has 136 valence electrons. The van der Waals surface area contributed by atoms with Crippen LogP contribution in [0.25, 0.3) is 0 Å². The summed E-state index contributed by atoms with van der Waals surface area (Å²) in [6.07, 6.45) is 1.48. The number of ether oxygens (including phenoxy) is 1. The Balaban J connectivity index is 3.30. The van der Waals surface area contributed by atoms with Gasteiger partial charge in [0.1, 0.15) is 0 Å². The fraction of sp³-hybridized carbons (Fsp3) is 0.900. The maximum absolute atomic E-state index is 7.20. The van der Waals surface area contributed by atoms with Gasteiger partial charge in [-0.1, -0.05) is 67.5 Å². The van der Waals surface area contributed by atoms with E-state index in [2.05, 4.69) is 68.9 Å². The van der Waals surface area contributed by atoms with E-state index in [1.807, 2.05) is 7.11 Å². The molecule has 0 aromatic carbocycles. The summed E-state index contributed by atoms with van der Waals surface area (Å²) in [6.45, 7) is 25.2. The Morgan fingerprint density at radius 1 is 1.04 bits per heavy atom. The molecule has 0 saturated heterocycles. The van der Waals surface area contributed by atoms with E-state index in [9.17, 15) is 0 Å². The van der Waals surface area contributed by atoms with Gasteiger partial charge in [-0.05, 0) is 30.0 Å². The highest BCUT2D eigenvalue weighted by Crippen LogP contribution is 2.52. The summed E-state index contributed by atoms with van der Waals surface area (Å²) in [7, 11) is -0.0725. The zero-order valence-electron chi connectivity index (χ0n) is 17.2. The van der Waals surface area contributed by atoms with Crippen LogP contribution in [0.2, 0.25) is 16.6 Å². The van der Waals surface area contributed by atoms with Gasteiger partial charge < -0.3 is 9.16 Å². The van der Waals surface area contributed by atoms with Crippen LogP contribution in [0.15, 0.2) is 12.2 Å². The van der Waals surface area contributed by atoms with Crippen LogP contribution in [0.5, 0.6) is 0 Å². The average molecular weight is 341 g/mol. The van der Waals surface area contributed by atoms with Crippen LogP contribution in [0.1, 0.15) is 68.7 Å². The van der Waals surface area contributed by atoms with Gasteiger partial charge >= 0.3 is 0 Å². The van der Waals surface area contributed by atoms with Crippen molar-refractivity contribution in [2.75, 3.05) is 7.11 Å². The fourth-order valence-electron chi connectivity index (χ4n) is 5.08. The lowest BCUT2D eigenvalue weighted by Crippen LogP contribution is -2.54. The highest BCUT2D eigenvalue weighted by Gasteiger charge is 2.56. The molecule has 0 radical (unpaired) electrons. The molecule has 2 nitrogen and oxygen atoms in total. The van der Waals surface area contributed by atoms with Crippen molar-refractivity contribution in [3.63, 3.8) is 0 Å². The SMILES string of the molecule is C=C(C)[C@@H]1C[C@H](OC)C(C)(C)[C@H]1O[Si](C(C)C)(C(C)C)C(C)C. The molecular weight excluding hydrogens is 300 g/mol. The molecule has 1 rings (SSSR count). The van der Waals surface area contributed by atoms with Gasteiger partial charge in [-0.2, -0.15) is 0 Å². The van der Waals surface area contributed by atoms with E-state index in [-0.39, 0.29) is 17.6 Å². The first kappa shape index (κ1) is 20.9. The number of hydrogen-bond donors (Lipinski definition) is 0. The van der Waals surface area contributed by atoms with Gasteiger partial charge in [-0.15, -0.1) is 0 Å². The zero-order valence-corrected chi connectivity index (χ0v) is 18.2. The van der Waals surface area contributed by atoms with Crippen molar-refractivity contribution in [3.05, 3.63) is 12.2 Å². The van der Waals surface area contributed by atoms with Crippen molar-refractivity contribution in [2.45, 2.75) is 97.6 Å². The lowest BCUT2D eigenvalue weighted by atomic mass is 9.84. The third kappa shape index (κ3) is 3.62. The highest BCUT2D eigenvalue weighted by molar-refractivity contribution is 6.77. The quantitative estimate of drug-likeness (QED) is 0.406. The molecule has 0 N–H and O–H groups in total. The van der Waals surface area contributed by atoms with E-state index in [0.717, 1.165) is 6.42 Å². The Morgan fingerprint density at radius 3 is 1.78 bits per heavy atom. The molecule has 3 heteroatoms. The predicted molar refractivity (Wildman–Crippen MR) is 103 cm³/mol. The summed E-state index contributed by atoms with van der Waals surface area (Å²) < 4.78 is 13.0. The van der Waals surface area contributed by atoms with Crippen molar-refractivity contribution < 1.29 is 9.16 Å². The maximum Gasteiger partial charge on any atom is 0.200 e. The molecule has 1 fully saturated rings. The van der Waals surface area contributed by atoms with Crippen molar-refractivity contribution in [3.8, 4) is 0 Å². The zero-order chi connectivity index (χ0) is 18.2. The summed E-state index contributed by atoms with van der Waals surface area (Å²) in [5.74, 6) is 0.401. The second-order valence-corrected chi connectivity index (χ2v) is 14.5. The first-order chi connectivity index (χ1) is 10.4. The van der Waals surface area contributed by atoms with Crippen LogP contribution in [-0.4, -0.2) is 27.6 Å². The Bertz CT molecular complexity index is 390. The molecule has 1 aliphatic rings. The number of methoxy groups -OCH3 is 1. The number of hydrogen-bond acceptors (Lipinski definition) is 2. The second-order valence-electron chi connectivity index (χ2n) is 9.09. The molecule has 0 aliphatic heterocycles. The largest absolute Gasteiger partial charge is 0.412 e. The molecule has 0 spiro atoms. The van der Waals surface area contributed by atoms with Gasteiger partial charge in [0.15, 0.2) is 0 Å². The van der Waals surface area contributed by atoms with Gasteiger partial charge in [-0.3, -0.25) is 0 Å². The van der Waals surface area contributed by atoms with Crippen molar-refractivity contribution in [1.82, 2.24) is 0 Å². The molecule has 0 bridgehead atoms. The Labute approximate surface area is 146 Å². The third-order valence-electron chi connectivity index (χ3n) is 6.35. The molecular formula is C20H40O2Si. The van der Waals surface area contributed by atoms with E-state index in [4.69, 9.17) is 9.16 Å². The van der Waals surface area contributed by atoms with Crippen LogP contribution in [0.4, 0.5) is 0 Å². The Hall–Kier alpha value is -0.123. The highest BCUT2D eigenvalue weighted by atomic mass is 28.4. The summed E-state index contributed by atoms with van der Waals surface area (Å²) in [5, 5.41) is 0. The van der Waals surface area contributed by atoms with E-state index in [1.54, 1.807) is 0 Å². The Kier molecular flexibility index (Phi) is 6.74. The molecule has 23 heavy (non-hydrogen) atoms. The molecule has 0 aromatic heterocycles. The summed E-state index contributed by atoms with van der Waals surface area (Å²) >= 11 is 0. The van der Waals surface area contributed by atoms with Crippen molar-refractivity contribution in [1.29, 1.82) is 0 Å². The van der Waals surface area contributed by atoms with E-state index in [1.165, 1.54) is 5.57 Å². The molecule has 0 unspecified atom stereocenters. The maximum atomic E-state index is 7.20. The normalized spacial score (nSPS) is 28.1. The number of rotatable bonds is 7. The monoisotopic (exact) mass is 340 g/mol. The van der Waals surface area contributed by atoms with Crippen LogP contribution < -0.4 is 0 Å². The molecule has 0 aromatic rings. The topological polar surface area (TPSA) is 18.5 Å². The van der Waals surface area contributed by atoms with Gasteiger partial charge in [-0.25, -0.2) is 0 Å². The molecule has 1 aliphatic carbocycles. The minimum atomic E-state index is -1.91.